The fourth-order valence-corrected chi connectivity index (χ4v) is 2.61. The molecule has 7 nitrogen and oxygen atoms in total. The summed E-state index contributed by atoms with van der Waals surface area (Å²) in [6.45, 7) is 1.75. The zero-order valence-electron chi connectivity index (χ0n) is 14.4. The Kier molecular flexibility index (Phi) is 5.12. The van der Waals surface area contributed by atoms with Gasteiger partial charge < -0.3 is 9.15 Å². The number of fused-ring (bicyclic) bond motifs is 1. The quantitative estimate of drug-likeness (QED) is 0.224. The van der Waals surface area contributed by atoms with Crippen LogP contribution < -0.4 is 5.63 Å². The molecule has 0 bridgehead atoms. The van der Waals surface area contributed by atoms with E-state index in [0.29, 0.717) is 22.1 Å². The highest BCUT2D eigenvalue weighted by Gasteiger charge is 2.11. The Balaban J connectivity index is 1.76. The van der Waals surface area contributed by atoms with Gasteiger partial charge in [-0.25, -0.2) is 9.59 Å². The van der Waals surface area contributed by atoms with Crippen LogP contribution in [0.3, 0.4) is 0 Å². The van der Waals surface area contributed by atoms with Crippen molar-refractivity contribution in [2.45, 2.75) is 13.5 Å². The van der Waals surface area contributed by atoms with Crippen LogP contribution in [0.2, 0.25) is 0 Å². The Labute approximate surface area is 153 Å². The number of benzene rings is 2. The maximum absolute atomic E-state index is 12.0. The van der Waals surface area contributed by atoms with Gasteiger partial charge in [-0.1, -0.05) is 24.3 Å². The summed E-state index contributed by atoms with van der Waals surface area (Å²) in [7, 11) is 0. The number of nitrogens with zero attached hydrogens (tertiary/aromatic N) is 1. The zero-order valence-corrected chi connectivity index (χ0v) is 14.4. The molecule has 0 saturated carbocycles. The standard InChI is InChI=1S/C20H15NO6/c1-13-6-8-16-15(11-20(23)27-18(16)10-13)12-26-19(22)9-7-14-4-2-3-5-17(14)21(24)25/h2-11H,12H2,1H3. The average Bonchev–Trinajstić information content (AvgIpc) is 2.64. The molecule has 3 aromatic rings. The summed E-state index contributed by atoms with van der Waals surface area (Å²) in [5.74, 6) is -0.679. The molecule has 7 heteroatoms. The molecule has 0 spiro atoms. The van der Waals surface area contributed by atoms with Crippen molar-refractivity contribution in [2.75, 3.05) is 0 Å². The number of hydrogen-bond acceptors (Lipinski definition) is 6. The molecular weight excluding hydrogens is 350 g/mol. The molecule has 0 aliphatic rings. The first-order valence-electron chi connectivity index (χ1n) is 8.06. The summed E-state index contributed by atoms with van der Waals surface area (Å²) >= 11 is 0. The van der Waals surface area contributed by atoms with Gasteiger partial charge in [-0.2, -0.15) is 0 Å². The van der Waals surface area contributed by atoms with Crippen LogP contribution in [-0.2, 0) is 16.1 Å². The van der Waals surface area contributed by atoms with Crippen LogP contribution in [-0.4, -0.2) is 10.9 Å². The average molecular weight is 365 g/mol. The first-order chi connectivity index (χ1) is 12.9. The van der Waals surface area contributed by atoms with E-state index >= 15 is 0 Å². The third kappa shape index (κ3) is 4.27. The van der Waals surface area contributed by atoms with Gasteiger partial charge in [0, 0.05) is 29.2 Å². The fraction of sp³-hybridized carbons (Fsp3) is 0.100. The number of para-hydroxylation sites is 1. The highest BCUT2D eigenvalue weighted by atomic mass is 16.6. The number of rotatable bonds is 5. The Hall–Kier alpha value is -3.74. The second-order valence-corrected chi connectivity index (χ2v) is 5.85. The molecule has 0 unspecified atom stereocenters. The smallest absolute Gasteiger partial charge is 0.336 e. The van der Waals surface area contributed by atoms with E-state index in [2.05, 4.69) is 0 Å². The van der Waals surface area contributed by atoms with Gasteiger partial charge in [0.1, 0.15) is 12.2 Å². The number of hydrogen-bond donors (Lipinski definition) is 0. The van der Waals surface area contributed by atoms with Gasteiger partial charge in [0.2, 0.25) is 0 Å². The van der Waals surface area contributed by atoms with Crippen molar-refractivity contribution in [3.63, 3.8) is 0 Å². The van der Waals surface area contributed by atoms with E-state index in [1.165, 1.54) is 24.3 Å². The highest BCUT2D eigenvalue weighted by molar-refractivity contribution is 5.88. The molecule has 0 aliphatic carbocycles. The molecule has 2 aromatic carbocycles. The predicted molar refractivity (Wildman–Crippen MR) is 99.1 cm³/mol. The third-order valence-electron chi connectivity index (χ3n) is 3.89. The molecule has 3 rings (SSSR count). The monoisotopic (exact) mass is 365 g/mol. The highest BCUT2D eigenvalue weighted by Crippen LogP contribution is 2.20. The second-order valence-electron chi connectivity index (χ2n) is 5.85. The Morgan fingerprint density at radius 3 is 2.78 bits per heavy atom. The minimum absolute atomic E-state index is 0.108. The summed E-state index contributed by atoms with van der Waals surface area (Å²) in [6, 6.07) is 12.7. The van der Waals surface area contributed by atoms with Crippen molar-refractivity contribution in [3.8, 4) is 0 Å². The van der Waals surface area contributed by atoms with Crippen LogP contribution in [0.1, 0.15) is 16.7 Å². The maximum Gasteiger partial charge on any atom is 0.336 e. The van der Waals surface area contributed by atoms with Crippen molar-refractivity contribution in [1.29, 1.82) is 0 Å². The minimum Gasteiger partial charge on any atom is -0.458 e. The van der Waals surface area contributed by atoms with E-state index in [9.17, 15) is 19.7 Å². The Morgan fingerprint density at radius 2 is 2.00 bits per heavy atom. The van der Waals surface area contributed by atoms with Gasteiger partial charge in [-0.15, -0.1) is 0 Å². The third-order valence-corrected chi connectivity index (χ3v) is 3.89. The summed E-state index contributed by atoms with van der Waals surface area (Å²) < 4.78 is 10.3. The second kappa shape index (κ2) is 7.65. The summed E-state index contributed by atoms with van der Waals surface area (Å²) in [5, 5.41) is 11.7. The van der Waals surface area contributed by atoms with Crippen LogP contribution in [0.4, 0.5) is 5.69 Å². The lowest BCUT2D eigenvalue weighted by Crippen LogP contribution is -2.05. The Bertz CT molecular complexity index is 1110. The number of aryl methyl sites for hydroxylation is 1. The Morgan fingerprint density at radius 1 is 1.22 bits per heavy atom. The van der Waals surface area contributed by atoms with Gasteiger partial charge >= 0.3 is 11.6 Å². The van der Waals surface area contributed by atoms with E-state index in [1.807, 2.05) is 13.0 Å². The molecule has 0 atom stereocenters. The van der Waals surface area contributed by atoms with Gasteiger partial charge in [0.15, 0.2) is 0 Å². The fourth-order valence-electron chi connectivity index (χ4n) is 2.61. The topological polar surface area (TPSA) is 99.6 Å². The summed E-state index contributed by atoms with van der Waals surface area (Å²) in [6.07, 6.45) is 2.43. The molecule has 1 heterocycles. The number of carbonyl (C=O) groups excluding carboxylic acids is 1. The van der Waals surface area contributed by atoms with E-state index in [1.54, 1.807) is 24.3 Å². The lowest BCUT2D eigenvalue weighted by atomic mass is 10.1. The number of ether oxygens (including phenoxy) is 1. The molecule has 0 radical (unpaired) electrons. The van der Waals surface area contributed by atoms with Crippen molar-refractivity contribution in [1.82, 2.24) is 0 Å². The van der Waals surface area contributed by atoms with Crippen LogP contribution in [0.25, 0.3) is 17.0 Å². The van der Waals surface area contributed by atoms with Crippen molar-refractivity contribution >= 4 is 28.7 Å². The first kappa shape index (κ1) is 18.1. The van der Waals surface area contributed by atoms with Gasteiger partial charge in [-0.05, 0) is 30.7 Å². The lowest BCUT2D eigenvalue weighted by Gasteiger charge is -2.06. The van der Waals surface area contributed by atoms with Gasteiger partial charge in [0.25, 0.3) is 5.69 Å². The number of carbonyl (C=O) groups is 1. The van der Waals surface area contributed by atoms with E-state index < -0.39 is 16.5 Å². The molecule has 0 fully saturated rings. The van der Waals surface area contributed by atoms with Crippen molar-refractivity contribution < 1.29 is 18.9 Å². The van der Waals surface area contributed by atoms with Gasteiger partial charge in [-0.3, -0.25) is 10.1 Å². The van der Waals surface area contributed by atoms with Crippen molar-refractivity contribution in [3.05, 3.63) is 91.8 Å². The first-order valence-corrected chi connectivity index (χ1v) is 8.06. The number of nitro groups is 1. The van der Waals surface area contributed by atoms with E-state index in [4.69, 9.17) is 9.15 Å². The number of nitro benzene ring substituents is 1. The SMILES string of the molecule is Cc1ccc2c(COC(=O)C=Cc3ccccc3[N+](=O)[O-])cc(=O)oc2c1. The summed E-state index contributed by atoms with van der Waals surface area (Å²) in [4.78, 5) is 34.1. The molecule has 1 aromatic heterocycles. The molecule has 0 saturated heterocycles. The van der Waals surface area contributed by atoms with Crippen LogP contribution in [0.5, 0.6) is 0 Å². The van der Waals surface area contributed by atoms with E-state index in [-0.39, 0.29) is 12.3 Å². The molecule has 0 amide bonds. The molecule has 0 aliphatic heterocycles. The minimum atomic E-state index is -0.679. The lowest BCUT2D eigenvalue weighted by molar-refractivity contribution is -0.385. The van der Waals surface area contributed by atoms with Gasteiger partial charge in [0.05, 0.1) is 10.5 Å². The predicted octanol–water partition coefficient (Wildman–Crippen LogP) is 3.77. The largest absolute Gasteiger partial charge is 0.458 e. The van der Waals surface area contributed by atoms with Crippen LogP contribution >= 0.6 is 0 Å². The molecule has 136 valence electrons. The van der Waals surface area contributed by atoms with Crippen molar-refractivity contribution in [2.24, 2.45) is 0 Å². The molecular formula is C20H15NO6. The maximum atomic E-state index is 12.0. The summed E-state index contributed by atoms with van der Waals surface area (Å²) in [5.41, 5.74) is 1.53. The number of esters is 1. The zero-order chi connectivity index (χ0) is 19.4. The van der Waals surface area contributed by atoms with E-state index in [0.717, 1.165) is 11.6 Å². The van der Waals surface area contributed by atoms with Crippen LogP contribution in [0.15, 0.2) is 63.8 Å². The normalized spacial score (nSPS) is 11.0. The molecule has 0 N–H and O–H groups in total. The molecule has 27 heavy (non-hydrogen) atoms. The van der Waals surface area contributed by atoms with Crippen LogP contribution in [0, 0.1) is 17.0 Å².